The molecule has 0 aromatic rings. The van der Waals surface area contributed by atoms with Crippen LogP contribution in [0, 0.1) is 11.3 Å². The van der Waals surface area contributed by atoms with E-state index in [-0.39, 0.29) is 0 Å². The third-order valence-corrected chi connectivity index (χ3v) is 5.07. The molecule has 2 saturated heterocycles. The van der Waals surface area contributed by atoms with Crippen LogP contribution in [0.15, 0.2) is 0 Å². The highest BCUT2D eigenvalue weighted by atomic mass is 16.5. The quantitative estimate of drug-likeness (QED) is 0.843. The monoisotopic (exact) mass is 283 g/mol. The predicted octanol–water partition coefficient (Wildman–Crippen LogP) is 2.77. The Labute approximate surface area is 122 Å². The van der Waals surface area contributed by atoms with E-state index in [0.29, 0.717) is 32.6 Å². The van der Waals surface area contributed by atoms with Crippen molar-refractivity contribution in [3.05, 3.63) is 0 Å². The van der Waals surface area contributed by atoms with Crippen LogP contribution in [-0.2, 0) is 9.53 Å². The molecule has 0 spiro atoms. The van der Waals surface area contributed by atoms with Crippen molar-refractivity contribution >= 4 is 5.97 Å². The molecule has 0 aromatic heterocycles. The van der Waals surface area contributed by atoms with Gasteiger partial charge in [-0.25, -0.2) is 0 Å². The fraction of sp³-hybridized carbons (Fsp3) is 0.938. The Hall–Kier alpha value is -0.610. The number of ether oxygens (including phenoxy) is 1. The van der Waals surface area contributed by atoms with Crippen LogP contribution >= 0.6 is 0 Å². The summed E-state index contributed by atoms with van der Waals surface area (Å²) in [5, 5.41) is 9.64. The minimum Gasteiger partial charge on any atom is -0.481 e. The molecule has 2 aliphatic rings. The Morgan fingerprint density at radius 2 is 2.05 bits per heavy atom. The highest BCUT2D eigenvalue weighted by Gasteiger charge is 2.41. The zero-order chi connectivity index (χ0) is 14.4. The van der Waals surface area contributed by atoms with Crippen LogP contribution in [-0.4, -0.2) is 48.8 Å². The molecule has 1 unspecified atom stereocenters. The molecule has 116 valence electrons. The van der Waals surface area contributed by atoms with E-state index in [1.165, 1.54) is 32.1 Å². The number of rotatable bonds is 5. The van der Waals surface area contributed by atoms with Gasteiger partial charge in [0.1, 0.15) is 0 Å². The van der Waals surface area contributed by atoms with Gasteiger partial charge in [0, 0.05) is 19.8 Å². The minimum atomic E-state index is -0.629. The highest BCUT2D eigenvalue weighted by Crippen LogP contribution is 2.33. The molecule has 4 heteroatoms. The van der Waals surface area contributed by atoms with Gasteiger partial charge in [0.2, 0.25) is 0 Å². The van der Waals surface area contributed by atoms with Gasteiger partial charge < -0.3 is 14.7 Å². The first-order chi connectivity index (χ1) is 9.66. The maximum Gasteiger partial charge on any atom is 0.311 e. The lowest BCUT2D eigenvalue weighted by atomic mass is 9.79. The number of carboxylic acid groups (broad SMARTS) is 1. The van der Waals surface area contributed by atoms with E-state index >= 15 is 0 Å². The molecular weight excluding hydrogens is 254 g/mol. The summed E-state index contributed by atoms with van der Waals surface area (Å²) >= 11 is 0. The van der Waals surface area contributed by atoms with E-state index in [1.54, 1.807) is 0 Å². The first-order valence-electron chi connectivity index (χ1n) is 8.20. The second-order valence-corrected chi connectivity index (χ2v) is 6.56. The van der Waals surface area contributed by atoms with E-state index in [4.69, 9.17) is 4.74 Å². The van der Waals surface area contributed by atoms with Crippen molar-refractivity contribution in [1.29, 1.82) is 0 Å². The number of likely N-dealkylation sites (tertiary alicyclic amines) is 1. The lowest BCUT2D eigenvalue weighted by Gasteiger charge is -2.37. The Balaban J connectivity index is 1.92. The number of hydrogen-bond donors (Lipinski definition) is 1. The molecule has 4 nitrogen and oxygen atoms in total. The Kier molecular flexibility index (Phi) is 5.85. The third-order valence-electron chi connectivity index (χ3n) is 5.07. The maximum atomic E-state index is 11.7. The fourth-order valence-electron chi connectivity index (χ4n) is 3.71. The molecule has 1 atom stereocenters. The molecule has 0 radical (unpaired) electrons. The topological polar surface area (TPSA) is 49.8 Å². The summed E-state index contributed by atoms with van der Waals surface area (Å²) < 4.78 is 5.36. The molecule has 2 rings (SSSR count). The van der Waals surface area contributed by atoms with Crippen molar-refractivity contribution in [2.75, 3.05) is 32.8 Å². The van der Waals surface area contributed by atoms with Crippen molar-refractivity contribution < 1.29 is 14.6 Å². The summed E-state index contributed by atoms with van der Waals surface area (Å²) in [6.45, 7) is 6.29. The zero-order valence-electron chi connectivity index (χ0n) is 12.8. The summed E-state index contributed by atoms with van der Waals surface area (Å²) in [5.74, 6) is 0.218. The van der Waals surface area contributed by atoms with Gasteiger partial charge >= 0.3 is 5.97 Å². The van der Waals surface area contributed by atoms with Gasteiger partial charge in [-0.1, -0.05) is 19.8 Å². The van der Waals surface area contributed by atoms with Gasteiger partial charge in [0.15, 0.2) is 0 Å². The second-order valence-electron chi connectivity index (χ2n) is 6.56. The van der Waals surface area contributed by atoms with Crippen LogP contribution < -0.4 is 0 Å². The van der Waals surface area contributed by atoms with E-state index in [1.807, 2.05) is 0 Å². The number of hydrogen-bond acceptors (Lipinski definition) is 3. The van der Waals surface area contributed by atoms with E-state index in [2.05, 4.69) is 11.8 Å². The third kappa shape index (κ3) is 3.95. The smallest absolute Gasteiger partial charge is 0.311 e. The van der Waals surface area contributed by atoms with Gasteiger partial charge in [-0.15, -0.1) is 0 Å². The summed E-state index contributed by atoms with van der Waals surface area (Å²) in [6.07, 6.45) is 7.69. The first kappa shape index (κ1) is 15.8. The average Bonchev–Trinajstić information content (AvgIpc) is 2.66. The summed E-state index contributed by atoms with van der Waals surface area (Å²) in [4.78, 5) is 14.1. The number of nitrogens with zero attached hydrogens (tertiary/aromatic N) is 1. The SMILES string of the molecule is CCCC1CCCN(CC2(C(=O)O)CCOCC2)CC1. The molecule has 0 saturated carbocycles. The van der Waals surface area contributed by atoms with Gasteiger partial charge in [-0.3, -0.25) is 4.79 Å². The van der Waals surface area contributed by atoms with Crippen molar-refractivity contribution in [2.45, 2.75) is 51.9 Å². The Morgan fingerprint density at radius 1 is 1.30 bits per heavy atom. The number of carboxylic acids is 1. The van der Waals surface area contributed by atoms with Crippen molar-refractivity contribution in [2.24, 2.45) is 11.3 Å². The normalized spacial score (nSPS) is 27.9. The summed E-state index contributed by atoms with van der Waals surface area (Å²) in [6, 6.07) is 0. The van der Waals surface area contributed by atoms with Gasteiger partial charge in [-0.2, -0.15) is 0 Å². The maximum absolute atomic E-state index is 11.7. The molecule has 0 aliphatic carbocycles. The molecule has 0 amide bonds. The molecule has 2 heterocycles. The van der Waals surface area contributed by atoms with E-state index in [0.717, 1.165) is 19.0 Å². The Bertz CT molecular complexity index is 313. The lowest BCUT2D eigenvalue weighted by Crippen LogP contribution is -2.47. The van der Waals surface area contributed by atoms with Crippen LogP contribution in [0.3, 0.4) is 0 Å². The zero-order valence-corrected chi connectivity index (χ0v) is 12.8. The van der Waals surface area contributed by atoms with Crippen LogP contribution in [0.1, 0.15) is 51.9 Å². The fourth-order valence-corrected chi connectivity index (χ4v) is 3.71. The molecule has 0 aromatic carbocycles. The number of aliphatic carboxylic acids is 1. The van der Waals surface area contributed by atoms with Crippen LogP contribution in [0.5, 0.6) is 0 Å². The number of carbonyl (C=O) groups is 1. The molecule has 0 bridgehead atoms. The van der Waals surface area contributed by atoms with E-state index in [9.17, 15) is 9.90 Å². The predicted molar refractivity (Wildman–Crippen MR) is 78.8 cm³/mol. The second kappa shape index (κ2) is 7.41. The summed E-state index contributed by atoms with van der Waals surface area (Å²) in [7, 11) is 0. The molecule has 2 fully saturated rings. The standard InChI is InChI=1S/C16H29NO3/c1-2-4-14-5-3-9-17(10-6-14)13-16(15(18)19)7-11-20-12-8-16/h14H,2-13H2,1H3,(H,18,19). The van der Waals surface area contributed by atoms with Crippen molar-refractivity contribution in [1.82, 2.24) is 4.90 Å². The van der Waals surface area contributed by atoms with Crippen LogP contribution in [0.2, 0.25) is 0 Å². The summed E-state index contributed by atoms with van der Waals surface area (Å²) in [5.41, 5.74) is -0.567. The lowest BCUT2D eigenvalue weighted by molar-refractivity contribution is -0.156. The first-order valence-corrected chi connectivity index (χ1v) is 8.20. The molecule has 2 aliphatic heterocycles. The molecule has 20 heavy (non-hydrogen) atoms. The minimum absolute atomic E-state index is 0.567. The average molecular weight is 283 g/mol. The van der Waals surface area contributed by atoms with Crippen LogP contribution in [0.25, 0.3) is 0 Å². The van der Waals surface area contributed by atoms with Gasteiger partial charge in [-0.05, 0) is 51.1 Å². The largest absolute Gasteiger partial charge is 0.481 e. The Morgan fingerprint density at radius 3 is 2.70 bits per heavy atom. The van der Waals surface area contributed by atoms with Gasteiger partial charge in [0.25, 0.3) is 0 Å². The van der Waals surface area contributed by atoms with Crippen LogP contribution in [0.4, 0.5) is 0 Å². The van der Waals surface area contributed by atoms with Gasteiger partial charge in [0.05, 0.1) is 5.41 Å². The van der Waals surface area contributed by atoms with Crippen molar-refractivity contribution in [3.8, 4) is 0 Å². The van der Waals surface area contributed by atoms with E-state index < -0.39 is 11.4 Å². The van der Waals surface area contributed by atoms with Crippen molar-refractivity contribution in [3.63, 3.8) is 0 Å². The molecule has 1 N–H and O–H groups in total. The highest BCUT2D eigenvalue weighted by molar-refractivity contribution is 5.75. The molecular formula is C16H29NO3.